The molecule has 0 fully saturated rings. The van der Waals surface area contributed by atoms with Crippen molar-refractivity contribution in [3.05, 3.63) is 58.5 Å². The normalized spacial score (nSPS) is 9.53. The predicted octanol–water partition coefficient (Wildman–Crippen LogP) is 1.91. The SMILES string of the molecule is N#Cc1cccc(-c2ccc[nH]c2=O)c1. The van der Waals surface area contributed by atoms with Gasteiger partial charge in [0.05, 0.1) is 11.6 Å². The molecule has 0 unspecified atom stereocenters. The van der Waals surface area contributed by atoms with Crippen molar-refractivity contribution in [1.29, 1.82) is 5.26 Å². The minimum atomic E-state index is -0.146. The molecule has 0 amide bonds. The van der Waals surface area contributed by atoms with Crippen LogP contribution in [0.3, 0.4) is 0 Å². The van der Waals surface area contributed by atoms with Gasteiger partial charge in [-0.2, -0.15) is 5.26 Å². The zero-order valence-corrected chi connectivity index (χ0v) is 7.90. The summed E-state index contributed by atoms with van der Waals surface area (Å²) in [4.78, 5) is 14.1. The second kappa shape index (κ2) is 3.81. The van der Waals surface area contributed by atoms with Crippen LogP contribution in [0.5, 0.6) is 0 Å². The number of benzene rings is 1. The van der Waals surface area contributed by atoms with Crippen LogP contribution >= 0.6 is 0 Å². The number of aromatic nitrogens is 1. The Morgan fingerprint density at radius 2 is 2.07 bits per heavy atom. The topological polar surface area (TPSA) is 56.6 Å². The number of rotatable bonds is 1. The van der Waals surface area contributed by atoms with Gasteiger partial charge >= 0.3 is 0 Å². The van der Waals surface area contributed by atoms with Gasteiger partial charge in [-0.3, -0.25) is 4.79 Å². The van der Waals surface area contributed by atoms with Gasteiger partial charge in [0.25, 0.3) is 5.56 Å². The molecule has 0 atom stereocenters. The predicted molar refractivity (Wildman–Crippen MR) is 57.2 cm³/mol. The summed E-state index contributed by atoms with van der Waals surface area (Å²) in [5.41, 5.74) is 1.74. The molecule has 0 saturated carbocycles. The first-order valence-electron chi connectivity index (χ1n) is 4.49. The Morgan fingerprint density at radius 1 is 1.20 bits per heavy atom. The highest BCUT2D eigenvalue weighted by Gasteiger charge is 2.02. The van der Waals surface area contributed by atoms with Crippen molar-refractivity contribution in [3.63, 3.8) is 0 Å². The van der Waals surface area contributed by atoms with Crippen LogP contribution in [0.1, 0.15) is 5.56 Å². The molecule has 1 N–H and O–H groups in total. The second-order valence-electron chi connectivity index (χ2n) is 3.11. The molecular formula is C12H8N2O. The maximum Gasteiger partial charge on any atom is 0.255 e. The fourth-order valence-corrected chi connectivity index (χ4v) is 1.41. The Morgan fingerprint density at radius 3 is 2.80 bits per heavy atom. The van der Waals surface area contributed by atoms with E-state index < -0.39 is 0 Å². The van der Waals surface area contributed by atoms with Gasteiger partial charge in [0.15, 0.2) is 0 Å². The molecule has 0 aliphatic carbocycles. The molecule has 1 aromatic heterocycles. The smallest absolute Gasteiger partial charge is 0.255 e. The second-order valence-corrected chi connectivity index (χ2v) is 3.11. The van der Waals surface area contributed by atoms with E-state index in [4.69, 9.17) is 5.26 Å². The summed E-state index contributed by atoms with van der Waals surface area (Å²) < 4.78 is 0. The lowest BCUT2D eigenvalue weighted by molar-refractivity contribution is 1.24. The van der Waals surface area contributed by atoms with E-state index in [2.05, 4.69) is 4.98 Å². The van der Waals surface area contributed by atoms with Crippen molar-refractivity contribution in [3.8, 4) is 17.2 Å². The van der Waals surface area contributed by atoms with Gasteiger partial charge in [0.2, 0.25) is 0 Å². The minimum absolute atomic E-state index is 0.146. The number of H-pyrrole nitrogens is 1. The summed E-state index contributed by atoms with van der Waals surface area (Å²) in [5, 5.41) is 8.74. The highest BCUT2D eigenvalue weighted by atomic mass is 16.1. The van der Waals surface area contributed by atoms with Crippen LogP contribution in [-0.2, 0) is 0 Å². The molecular weight excluding hydrogens is 188 g/mol. The van der Waals surface area contributed by atoms with Crippen molar-refractivity contribution in [2.75, 3.05) is 0 Å². The van der Waals surface area contributed by atoms with Crippen LogP contribution in [0.4, 0.5) is 0 Å². The molecule has 3 heteroatoms. The van der Waals surface area contributed by atoms with E-state index in [1.54, 1.807) is 36.5 Å². The van der Waals surface area contributed by atoms with Crippen LogP contribution < -0.4 is 5.56 Å². The number of nitrogens with zero attached hydrogens (tertiary/aromatic N) is 1. The first kappa shape index (κ1) is 9.22. The molecule has 0 aliphatic heterocycles. The van der Waals surface area contributed by atoms with Gasteiger partial charge in [0.1, 0.15) is 0 Å². The Balaban J connectivity index is 2.61. The molecule has 0 aliphatic rings. The molecule has 0 bridgehead atoms. The van der Waals surface area contributed by atoms with E-state index >= 15 is 0 Å². The lowest BCUT2D eigenvalue weighted by Gasteiger charge is -1.99. The van der Waals surface area contributed by atoms with Gasteiger partial charge in [-0.25, -0.2) is 0 Å². The molecule has 2 aromatic rings. The fourth-order valence-electron chi connectivity index (χ4n) is 1.41. The summed E-state index contributed by atoms with van der Waals surface area (Å²) >= 11 is 0. The summed E-state index contributed by atoms with van der Waals surface area (Å²) in [5.74, 6) is 0. The van der Waals surface area contributed by atoms with Crippen LogP contribution in [0, 0.1) is 11.3 Å². The molecule has 1 heterocycles. The van der Waals surface area contributed by atoms with Gasteiger partial charge in [-0.05, 0) is 29.8 Å². The summed E-state index contributed by atoms with van der Waals surface area (Å²) in [6.07, 6.45) is 1.58. The van der Waals surface area contributed by atoms with E-state index in [0.717, 1.165) is 5.56 Å². The van der Waals surface area contributed by atoms with Gasteiger partial charge < -0.3 is 4.98 Å². The van der Waals surface area contributed by atoms with Crippen LogP contribution in [0.2, 0.25) is 0 Å². The molecule has 72 valence electrons. The average molecular weight is 196 g/mol. The van der Waals surface area contributed by atoms with E-state index in [1.165, 1.54) is 0 Å². The summed E-state index contributed by atoms with van der Waals surface area (Å²) in [7, 11) is 0. The van der Waals surface area contributed by atoms with E-state index in [9.17, 15) is 4.79 Å². The van der Waals surface area contributed by atoms with Crippen LogP contribution in [0.25, 0.3) is 11.1 Å². The number of nitrogens with one attached hydrogen (secondary N) is 1. The zero-order chi connectivity index (χ0) is 10.7. The monoisotopic (exact) mass is 196 g/mol. The standard InChI is InChI=1S/C12H8N2O/c13-8-9-3-1-4-10(7-9)11-5-2-6-14-12(11)15/h1-7H,(H,14,15). The Kier molecular flexibility index (Phi) is 2.34. The highest BCUT2D eigenvalue weighted by Crippen LogP contribution is 2.15. The number of hydrogen-bond donors (Lipinski definition) is 1. The molecule has 15 heavy (non-hydrogen) atoms. The number of nitriles is 1. The van der Waals surface area contributed by atoms with Crippen molar-refractivity contribution in [2.45, 2.75) is 0 Å². The number of pyridine rings is 1. The molecule has 0 spiro atoms. The van der Waals surface area contributed by atoms with Crippen molar-refractivity contribution < 1.29 is 0 Å². The quantitative estimate of drug-likeness (QED) is 0.757. The highest BCUT2D eigenvalue weighted by molar-refractivity contribution is 5.63. The maximum atomic E-state index is 11.5. The van der Waals surface area contributed by atoms with Crippen molar-refractivity contribution in [2.24, 2.45) is 0 Å². The first-order valence-corrected chi connectivity index (χ1v) is 4.49. The molecule has 0 saturated heterocycles. The third-order valence-electron chi connectivity index (χ3n) is 2.12. The molecule has 2 rings (SSSR count). The largest absolute Gasteiger partial charge is 0.329 e. The third kappa shape index (κ3) is 1.79. The van der Waals surface area contributed by atoms with Gasteiger partial charge in [-0.1, -0.05) is 12.1 Å². The minimum Gasteiger partial charge on any atom is -0.329 e. The average Bonchev–Trinajstić information content (AvgIpc) is 2.30. The zero-order valence-electron chi connectivity index (χ0n) is 7.90. The number of aromatic amines is 1. The maximum absolute atomic E-state index is 11.5. The van der Waals surface area contributed by atoms with Gasteiger partial charge in [0, 0.05) is 11.8 Å². The number of hydrogen-bond acceptors (Lipinski definition) is 2. The van der Waals surface area contributed by atoms with Crippen molar-refractivity contribution >= 4 is 0 Å². The first-order chi connectivity index (χ1) is 7.31. The van der Waals surface area contributed by atoms with Crippen LogP contribution in [-0.4, -0.2) is 4.98 Å². The fraction of sp³-hybridized carbons (Fsp3) is 0. The molecule has 1 aromatic carbocycles. The van der Waals surface area contributed by atoms with Crippen LogP contribution in [0.15, 0.2) is 47.4 Å². The lowest BCUT2D eigenvalue weighted by Crippen LogP contribution is -2.06. The third-order valence-corrected chi connectivity index (χ3v) is 2.12. The van der Waals surface area contributed by atoms with E-state index in [-0.39, 0.29) is 5.56 Å². The Labute approximate surface area is 86.6 Å². The summed E-state index contributed by atoms with van der Waals surface area (Å²) in [6.45, 7) is 0. The molecule has 3 nitrogen and oxygen atoms in total. The summed E-state index contributed by atoms with van der Waals surface area (Å²) in [6, 6.07) is 12.5. The Bertz CT molecular complexity index is 578. The molecule has 0 radical (unpaired) electrons. The van der Waals surface area contributed by atoms with Gasteiger partial charge in [-0.15, -0.1) is 0 Å². The van der Waals surface area contributed by atoms with E-state index in [1.807, 2.05) is 12.1 Å². The van der Waals surface area contributed by atoms with E-state index in [0.29, 0.717) is 11.1 Å². The lowest BCUT2D eigenvalue weighted by atomic mass is 10.1. The Hall–Kier alpha value is -2.34. The van der Waals surface area contributed by atoms with Crippen molar-refractivity contribution in [1.82, 2.24) is 4.98 Å².